The van der Waals surface area contributed by atoms with Gasteiger partial charge in [-0.25, -0.2) is 0 Å². The van der Waals surface area contributed by atoms with Crippen molar-refractivity contribution < 1.29 is 9.53 Å². The van der Waals surface area contributed by atoms with E-state index in [9.17, 15) is 9.59 Å². The van der Waals surface area contributed by atoms with Crippen molar-refractivity contribution in [3.8, 4) is 17.1 Å². The van der Waals surface area contributed by atoms with Gasteiger partial charge in [-0.05, 0) is 18.6 Å². The lowest BCUT2D eigenvalue weighted by atomic mass is 10.0. The second kappa shape index (κ2) is 5.84. The molecule has 1 aliphatic carbocycles. The Balaban J connectivity index is 2.11. The van der Waals surface area contributed by atoms with Gasteiger partial charge in [0.15, 0.2) is 5.78 Å². The van der Waals surface area contributed by atoms with E-state index in [1.54, 1.807) is 30.0 Å². The number of pyridine rings is 2. The van der Waals surface area contributed by atoms with Crippen LogP contribution in [0.25, 0.3) is 22.2 Å². The molecule has 126 valence electrons. The molecule has 2 aromatic heterocycles. The minimum absolute atomic E-state index is 0.0685. The third-order valence-corrected chi connectivity index (χ3v) is 4.71. The van der Waals surface area contributed by atoms with Crippen molar-refractivity contribution in [2.75, 3.05) is 7.11 Å². The predicted molar refractivity (Wildman–Crippen MR) is 96.3 cm³/mol. The number of aromatic nitrogens is 2. The summed E-state index contributed by atoms with van der Waals surface area (Å²) < 4.78 is 6.92. The van der Waals surface area contributed by atoms with Crippen LogP contribution in [-0.4, -0.2) is 22.4 Å². The molecule has 25 heavy (non-hydrogen) atoms. The number of ketones is 1. The molecule has 0 saturated heterocycles. The average Bonchev–Trinajstić information content (AvgIpc) is 2.94. The Labute approximate surface area is 144 Å². The fraction of sp³-hybridized carbons (Fsp3) is 0.250. The van der Waals surface area contributed by atoms with E-state index >= 15 is 0 Å². The van der Waals surface area contributed by atoms with E-state index in [2.05, 4.69) is 11.9 Å². The molecule has 2 heterocycles. The second-order valence-corrected chi connectivity index (χ2v) is 6.18. The molecule has 0 fully saturated rings. The minimum Gasteiger partial charge on any atom is -0.495 e. The van der Waals surface area contributed by atoms with Crippen LogP contribution in [0, 0.1) is 0 Å². The molecule has 0 saturated carbocycles. The van der Waals surface area contributed by atoms with Gasteiger partial charge >= 0.3 is 0 Å². The summed E-state index contributed by atoms with van der Waals surface area (Å²) in [5, 5.41) is 1.27. The quantitative estimate of drug-likeness (QED) is 0.574. The lowest BCUT2D eigenvalue weighted by Gasteiger charge is -2.14. The van der Waals surface area contributed by atoms with E-state index in [1.807, 2.05) is 18.2 Å². The minimum atomic E-state index is -0.0992. The first kappa shape index (κ1) is 15.6. The van der Waals surface area contributed by atoms with Gasteiger partial charge in [-0.15, -0.1) is 0 Å². The van der Waals surface area contributed by atoms with E-state index in [0.717, 1.165) is 12.8 Å². The van der Waals surface area contributed by atoms with Gasteiger partial charge in [0.25, 0.3) is 5.56 Å². The molecule has 3 aromatic rings. The average molecular weight is 334 g/mol. The highest BCUT2D eigenvalue weighted by Gasteiger charge is 2.34. The van der Waals surface area contributed by atoms with E-state index < -0.39 is 0 Å². The molecule has 0 N–H and O–H groups in total. The van der Waals surface area contributed by atoms with Crippen molar-refractivity contribution in [3.05, 3.63) is 58.0 Å². The van der Waals surface area contributed by atoms with Crippen LogP contribution in [0.5, 0.6) is 5.75 Å². The van der Waals surface area contributed by atoms with Gasteiger partial charge in [0.1, 0.15) is 5.75 Å². The number of carbonyl (C=O) groups excluding carboxylic acids is 1. The maximum absolute atomic E-state index is 13.1. The monoisotopic (exact) mass is 334 g/mol. The third kappa shape index (κ3) is 2.19. The SMILES string of the molecule is CCCCn1c2c(c3ccccc3c1=O)C(=O)c1cc(OC)cnc1-2. The second-order valence-electron chi connectivity index (χ2n) is 6.18. The van der Waals surface area contributed by atoms with E-state index in [-0.39, 0.29) is 11.3 Å². The van der Waals surface area contributed by atoms with Crippen molar-refractivity contribution in [1.82, 2.24) is 9.55 Å². The summed E-state index contributed by atoms with van der Waals surface area (Å²) in [7, 11) is 1.54. The molecular formula is C20H18N2O3. The van der Waals surface area contributed by atoms with Gasteiger partial charge in [0, 0.05) is 17.3 Å². The summed E-state index contributed by atoms with van der Waals surface area (Å²) in [4.78, 5) is 30.6. The summed E-state index contributed by atoms with van der Waals surface area (Å²) in [6, 6.07) is 9.00. The fourth-order valence-corrected chi connectivity index (χ4v) is 3.46. The van der Waals surface area contributed by atoms with Crippen LogP contribution in [0.4, 0.5) is 0 Å². The zero-order valence-corrected chi connectivity index (χ0v) is 14.2. The first-order chi connectivity index (χ1) is 12.2. The Kier molecular flexibility index (Phi) is 3.64. The smallest absolute Gasteiger partial charge is 0.258 e. The summed E-state index contributed by atoms with van der Waals surface area (Å²) in [6.45, 7) is 2.65. The molecule has 0 aliphatic heterocycles. The van der Waals surface area contributed by atoms with Crippen LogP contribution >= 0.6 is 0 Å². The van der Waals surface area contributed by atoms with Gasteiger partial charge in [-0.2, -0.15) is 0 Å². The zero-order valence-electron chi connectivity index (χ0n) is 14.2. The Morgan fingerprint density at radius 1 is 1.16 bits per heavy atom. The topological polar surface area (TPSA) is 61.2 Å². The standard InChI is InChI=1S/C20H18N2O3/c1-3-4-9-22-18-16(13-7-5-6-8-14(13)20(22)24)19(23)15-10-12(25-2)11-21-17(15)18/h5-8,10-11H,3-4,9H2,1-2H3. The Morgan fingerprint density at radius 3 is 2.64 bits per heavy atom. The van der Waals surface area contributed by atoms with Gasteiger partial charge in [-0.1, -0.05) is 31.5 Å². The van der Waals surface area contributed by atoms with Crippen LogP contribution in [0.2, 0.25) is 0 Å². The molecule has 4 rings (SSSR count). The van der Waals surface area contributed by atoms with Crippen molar-refractivity contribution in [2.24, 2.45) is 0 Å². The Morgan fingerprint density at radius 2 is 1.92 bits per heavy atom. The molecule has 5 nitrogen and oxygen atoms in total. The van der Waals surface area contributed by atoms with Crippen LogP contribution in [0.3, 0.4) is 0 Å². The fourth-order valence-electron chi connectivity index (χ4n) is 3.46. The van der Waals surface area contributed by atoms with Crippen LogP contribution < -0.4 is 10.3 Å². The first-order valence-electron chi connectivity index (χ1n) is 8.42. The highest BCUT2D eigenvalue weighted by molar-refractivity contribution is 6.26. The number of ether oxygens (including phenoxy) is 1. The zero-order chi connectivity index (χ0) is 17.6. The maximum atomic E-state index is 13.1. The van der Waals surface area contributed by atoms with Gasteiger partial charge in [0.2, 0.25) is 0 Å². The van der Waals surface area contributed by atoms with Crippen LogP contribution in [0.15, 0.2) is 41.3 Å². The highest BCUT2D eigenvalue weighted by atomic mass is 16.5. The molecule has 0 radical (unpaired) electrons. The van der Waals surface area contributed by atoms with Gasteiger partial charge in [-0.3, -0.25) is 14.6 Å². The number of carbonyl (C=O) groups is 1. The van der Waals surface area contributed by atoms with Crippen molar-refractivity contribution in [3.63, 3.8) is 0 Å². The summed E-state index contributed by atoms with van der Waals surface area (Å²) in [5.41, 5.74) is 2.21. The molecule has 0 atom stereocenters. The molecular weight excluding hydrogens is 316 g/mol. The van der Waals surface area contributed by atoms with Crippen molar-refractivity contribution >= 4 is 16.6 Å². The van der Waals surface area contributed by atoms with Crippen LogP contribution in [-0.2, 0) is 6.54 Å². The summed E-state index contributed by atoms with van der Waals surface area (Å²) in [5.74, 6) is 0.435. The Hall–Kier alpha value is -2.95. The molecule has 5 heteroatoms. The van der Waals surface area contributed by atoms with E-state index in [4.69, 9.17) is 4.74 Å². The molecule has 0 unspecified atom stereocenters. The van der Waals surface area contributed by atoms with Gasteiger partial charge < -0.3 is 9.30 Å². The van der Waals surface area contributed by atoms with E-state index in [0.29, 0.717) is 45.6 Å². The number of nitrogens with zero attached hydrogens (tertiary/aromatic N) is 2. The van der Waals surface area contributed by atoms with Gasteiger partial charge in [0.05, 0.1) is 35.8 Å². The normalized spacial score (nSPS) is 12.3. The number of fused-ring (bicyclic) bond motifs is 5. The maximum Gasteiger partial charge on any atom is 0.258 e. The van der Waals surface area contributed by atoms with Crippen molar-refractivity contribution in [1.29, 1.82) is 0 Å². The third-order valence-electron chi connectivity index (χ3n) is 4.71. The predicted octanol–water partition coefficient (Wildman–Crippen LogP) is 3.42. The molecule has 1 aliphatic rings. The largest absolute Gasteiger partial charge is 0.495 e. The number of hydrogen-bond acceptors (Lipinski definition) is 4. The Bertz CT molecular complexity index is 1070. The summed E-state index contributed by atoms with van der Waals surface area (Å²) >= 11 is 0. The number of benzene rings is 1. The molecule has 0 bridgehead atoms. The number of hydrogen-bond donors (Lipinski definition) is 0. The number of rotatable bonds is 4. The molecule has 0 spiro atoms. The molecule has 0 amide bonds. The summed E-state index contributed by atoms with van der Waals surface area (Å²) in [6.07, 6.45) is 3.42. The first-order valence-corrected chi connectivity index (χ1v) is 8.42. The number of unbranched alkanes of at least 4 members (excludes halogenated alkanes) is 1. The van der Waals surface area contributed by atoms with Crippen LogP contribution in [0.1, 0.15) is 35.7 Å². The highest BCUT2D eigenvalue weighted by Crippen LogP contribution is 2.39. The lowest BCUT2D eigenvalue weighted by molar-refractivity contribution is 0.104. The van der Waals surface area contributed by atoms with Crippen molar-refractivity contribution in [2.45, 2.75) is 26.3 Å². The van der Waals surface area contributed by atoms with E-state index in [1.165, 1.54) is 0 Å². The molecule has 1 aromatic carbocycles. The lowest BCUT2D eigenvalue weighted by Crippen LogP contribution is -2.23. The number of methoxy groups -OCH3 is 1.